The van der Waals surface area contributed by atoms with Crippen molar-refractivity contribution in [2.75, 3.05) is 28.4 Å². The van der Waals surface area contributed by atoms with Gasteiger partial charge in [0, 0.05) is 31.6 Å². The summed E-state index contributed by atoms with van der Waals surface area (Å²) in [6.45, 7) is 0. The van der Waals surface area contributed by atoms with E-state index in [0.717, 1.165) is 18.4 Å². The van der Waals surface area contributed by atoms with Crippen molar-refractivity contribution in [3.05, 3.63) is 17.7 Å². The van der Waals surface area contributed by atoms with Gasteiger partial charge in [-0.3, -0.25) is 4.79 Å². The minimum atomic E-state index is 0.188. The maximum Gasteiger partial charge on any atom is 0.222 e. The molecule has 2 saturated heterocycles. The van der Waals surface area contributed by atoms with Gasteiger partial charge >= 0.3 is 0 Å². The Kier molecular flexibility index (Phi) is 5.91. The summed E-state index contributed by atoms with van der Waals surface area (Å²) in [6, 6.07) is 5.32. The van der Waals surface area contributed by atoms with Crippen LogP contribution in [-0.4, -0.2) is 57.3 Å². The molecular formula is C20H30N2O4. The quantitative estimate of drug-likeness (QED) is 0.807. The smallest absolute Gasteiger partial charge is 0.222 e. The summed E-state index contributed by atoms with van der Waals surface area (Å²) >= 11 is 0. The molecule has 2 bridgehead atoms. The number of piperidine rings is 1. The summed E-state index contributed by atoms with van der Waals surface area (Å²) in [5, 5.41) is 3.63. The highest BCUT2D eigenvalue weighted by molar-refractivity contribution is 5.76. The van der Waals surface area contributed by atoms with E-state index in [0.29, 0.717) is 48.2 Å². The fraction of sp³-hybridized carbons (Fsp3) is 0.650. The van der Waals surface area contributed by atoms with E-state index >= 15 is 0 Å². The van der Waals surface area contributed by atoms with Crippen LogP contribution in [0.5, 0.6) is 17.2 Å². The molecule has 0 saturated carbocycles. The van der Waals surface area contributed by atoms with E-state index in [-0.39, 0.29) is 5.91 Å². The number of rotatable bonds is 7. The third-order valence-electron chi connectivity index (χ3n) is 5.78. The highest BCUT2D eigenvalue weighted by Crippen LogP contribution is 2.40. The first-order valence-corrected chi connectivity index (χ1v) is 9.36. The first kappa shape index (κ1) is 18.8. The van der Waals surface area contributed by atoms with Crippen LogP contribution in [0.4, 0.5) is 0 Å². The van der Waals surface area contributed by atoms with Gasteiger partial charge in [0.25, 0.3) is 0 Å². The van der Waals surface area contributed by atoms with E-state index in [2.05, 4.69) is 5.32 Å². The predicted molar refractivity (Wildman–Crippen MR) is 100 cm³/mol. The molecule has 6 heteroatoms. The zero-order valence-corrected chi connectivity index (χ0v) is 16.2. The normalized spacial score (nSPS) is 24.2. The van der Waals surface area contributed by atoms with Crippen molar-refractivity contribution in [2.24, 2.45) is 0 Å². The lowest BCUT2D eigenvalue weighted by Gasteiger charge is -2.35. The molecule has 1 N–H and O–H groups in total. The van der Waals surface area contributed by atoms with Gasteiger partial charge in [0.15, 0.2) is 11.5 Å². The van der Waals surface area contributed by atoms with E-state index in [1.807, 2.05) is 24.1 Å². The van der Waals surface area contributed by atoms with Gasteiger partial charge in [0.1, 0.15) is 0 Å². The van der Waals surface area contributed by atoms with Crippen molar-refractivity contribution in [3.8, 4) is 17.2 Å². The highest BCUT2D eigenvalue weighted by Gasteiger charge is 2.36. The van der Waals surface area contributed by atoms with Gasteiger partial charge in [0.2, 0.25) is 11.7 Å². The maximum atomic E-state index is 12.7. The first-order valence-electron chi connectivity index (χ1n) is 9.36. The summed E-state index contributed by atoms with van der Waals surface area (Å²) in [7, 11) is 6.75. The van der Waals surface area contributed by atoms with Gasteiger partial charge in [-0.25, -0.2) is 0 Å². The van der Waals surface area contributed by atoms with Crippen molar-refractivity contribution in [2.45, 2.75) is 56.7 Å². The molecule has 26 heavy (non-hydrogen) atoms. The molecule has 1 aromatic rings. The Hall–Kier alpha value is -1.95. The van der Waals surface area contributed by atoms with Crippen LogP contribution in [-0.2, 0) is 11.2 Å². The molecule has 2 atom stereocenters. The second-order valence-electron chi connectivity index (χ2n) is 7.26. The van der Waals surface area contributed by atoms with Crippen LogP contribution in [0.25, 0.3) is 0 Å². The Bertz CT molecular complexity index is 637. The Morgan fingerprint density at radius 2 is 1.73 bits per heavy atom. The fourth-order valence-electron chi connectivity index (χ4n) is 4.33. The molecule has 2 unspecified atom stereocenters. The van der Waals surface area contributed by atoms with Crippen molar-refractivity contribution >= 4 is 5.91 Å². The number of nitrogens with zero attached hydrogens (tertiary/aromatic N) is 1. The van der Waals surface area contributed by atoms with Crippen LogP contribution in [0.1, 0.15) is 37.7 Å². The van der Waals surface area contributed by atoms with Crippen LogP contribution < -0.4 is 19.5 Å². The number of aryl methyl sites for hydroxylation is 1. The molecule has 1 amide bonds. The third-order valence-corrected chi connectivity index (χ3v) is 5.78. The minimum absolute atomic E-state index is 0.188. The standard InChI is InChI=1S/C20H30N2O4/c1-22(16-11-14-7-8-15(12-16)21-14)18(23)10-6-13-5-9-17(24-2)20(26-4)19(13)25-3/h5,9,14-16,21H,6-8,10-12H2,1-4H3. The zero-order chi connectivity index (χ0) is 18.7. The summed E-state index contributed by atoms with van der Waals surface area (Å²) in [5.74, 6) is 2.03. The number of carbonyl (C=O) groups is 1. The summed E-state index contributed by atoms with van der Waals surface area (Å²) in [4.78, 5) is 14.7. The van der Waals surface area contributed by atoms with Crippen molar-refractivity contribution < 1.29 is 19.0 Å². The Labute approximate surface area is 155 Å². The summed E-state index contributed by atoms with van der Waals surface area (Å²) in [6.07, 6.45) is 5.70. The minimum Gasteiger partial charge on any atom is -0.493 e. The molecule has 0 spiro atoms. The summed E-state index contributed by atoms with van der Waals surface area (Å²) < 4.78 is 16.3. The largest absolute Gasteiger partial charge is 0.493 e. The zero-order valence-electron chi connectivity index (χ0n) is 16.2. The molecule has 144 valence electrons. The van der Waals surface area contributed by atoms with E-state index in [9.17, 15) is 4.79 Å². The predicted octanol–water partition coefficient (Wildman–Crippen LogP) is 2.39. The average molecular weight is 362 g/mol. The van der Waals surface area contributed by atoms with Crippen molar-refractivity contribution in [1.29, 1.82) is 0 Å². The van der Waals surface area contributed by atoms with Crippen LogP contribution >= 0.6 is 0 Å². The molecule has 2 fully saturated rings. The monoisotopic (exact) mass is 362 g/mol. The highest BCUT2D eigenvalue weighted by atomic mass is 16.5. The number of hydrogen-bond acceptors (Lipinski definition) is 5. The molecule has 0 aromatic heterocycles. The lowest BCUT2D eigenvalue weighted by Crippen LogP contribution is -2.48. The fourth-order valence-corrected chi connectivity index (χ4v) is 4.33. The second-order valence-corrected chi connectivity index (χ2v) is 7.26. The lowest BCUT2D eigenvalue weighted by molar-refractivity contribution is -0.132. The molecule has 2 aliphatic heterocycles. The van der Waals surface area contributed by atoms with Gasteiger partial charge in [-0.15, -0.1) is 0 Å². The SMILES string of the molecule is COc1ccc(CCC(=O)N(C)C2CC3CCC(C2)N3)c(OC)c1OC. The van der Waals surface area contributed by atoms with E-state index in [4.69, 9.17) is 14.2 Å². The van der Waals surface area contributed by atoms with Gasteiger partial charge in [-0.05, 0) is 43.7 Å². The molecule has 3 rings (SSSR count). The molecule has 2 aliphatic rings. The number of nitrogens with one attached hydrogen (secondary N) is 1. The Morgan fingerprint density at radius 1 is 1.08 bits per heavy atom. The number of benzene rings is 1. The maximum absolute atomic E-state index is 12.7. The molecule has 2 heterocycles. The van der Waals surface area contributed by atoms with Crippen molar-refractivity contribution in [3.63, 3.8) is 0 Å². The topological polar surface area (TPSA) is 60.0 Å². The first-order chi connectivity index (χ1) is 12.6. The number of carbonyl (C=O) groups excluding carboxylic acids is 1. The average Bonchev–Trinajstić information content (AvgIpc) is 3.01. The Morgan fingerprint density at radius 3 is 2.31 bits per heavy atom. The van der Waals surface area contributed by atoms with E-state index in [1.54, 1.807) is 21.3 Å². The molecular weight excluding hydrogens is 332 g/mol. The Balaban J connectivity index is 1.64. The number of fused-ring (bicyclic) bond motifs is 2. The van der Waals surface area contributed by atoms with Crippen LogP contribution in [0.15, 0.2) is 12.1 Å². The van der Waals surface area contributed by atoms with Gasteiger partial charge < -0.3 is 24.4 Å². The molecule has 6 nitrogen and oxygen atoms in total. The summed E-state index contributed by atoms with van der Waals surface area (Å²) in [5.41, 5.74) is 0.956. The molecule has 0 aliphatic carbocycles. The van der Waals surface area contributed by atoms with Crippen LogP contribution in [0, 0.1) is 0 Å². The van der Waals surface area contributed by atoms with E-state index < -0.39 is 0 Å². The number of amides is 1. The van der Waals surface area contributed by atoms with Crippen LogP contribution in [0.2, 0.25) is 0 Å². The van der Waals surface area contributed by atoms with Crippen molar-refractivity contribution in [1.82, 2.24) is 10.2 Å². The lowest BCUT2D eigenvalue weighted by atomic mass is 9.98. The third kappa shape index (κ3) is 3.75. The second kappa shape index (κ2) is 8.16. The number of hydrogen-bond donors (Lipinski definition) is 1. The number of ether oxygens (including phenoxy) is 3. The van der Waals surface area contributed by atoms with Gasteiger partial charge in [0.05, 0.1) is 21.3 Å². The molecule has 1 aromatic carbocycles. The van der Waals surface area contributed by atoms with Gasteiger partial charge in [-0.2, -0.15) is 0 Å². The van der Waals surface area contributed by atoms with E-state index in [1.165, 1.54) is 12.8 Å². The van der Waals surface area contributed by atoms with Gasteiger partial charge in [-0.1, -0.05) is 6.07 Å². The van der Waals surface area contributed by atoms with Crippen LogP contribution in [0.3, 0.4) is 0 Å². The molecule has 0 radical (unpaired) electrons. The number of methoxy groups -OCH3 is 3.